The van der Waals surface area contributed by atoms with Crippen LogP contribution in [-0.4, -0.2) is 33.1 Å². The minimum atomic E-state index is -3.88. The second-order valence-electron chi connectivity index (χ2n) is 4.87. The highest BCUT2D eigenvalue weighted by Crippen LogP contribution is 2.26. The lowest BCUT2D eigenvalue weighted by atomic mass is 10.3. The maximum atomic E-state index is 12.9. The van der Waals surface area contributed by atoms with Crippen molar-refractivity contribution in [2.75, 3.05) is 18.0 Å². The molecule has 0 amide bonds. The molecule has 6 nitrogen and oxygen atoms in total. The Morgan fingerprint density at radius 1 is 1.12 bits per heavy atom. The zero-order valence-corrected chi connectivity index (χ0v) is 15.2. The summed E-state index contributed by atoms with van der Waals surface area (Å²) in [6.07, 6.45) is -0.304. The van der Waals surface area contributed by atoms with Crippen LogP contribution in [0.25, 0.3) is 0 Å². The van der Waals surface area contributed by atoms with E-state index in [9.17, 15) is 13.2 Å². The van der Waals surface area contributed by atoms with Crippen molar-refractivity contribution in [3.8, 4) is 5.75 Å². The summed E-state index contributed by atoms with van der Waals surface area (Å²) in [4.78, 5) is 11.0. The number of methoxy groups -OCH3 is 1. The highest BCUT2D eigenvalue weighted by atomic mass is 79.9. The predicted molar refractivity (Wildman–Crippen MR) is 93.9 cm³/mol. The van der Waals surface area contributed by atoms with Crippen molar-refractivity contribution < 1.29 is 23.1 Å². The summed E-state index contributed by atoms with van der Waals surface area (Å²) in [5, 5.41) is 8.92. The summed E-state index contributed by atoms with van der Waals surface area (Å²) in [6, 6.07) is 12.6. The molecule has 0 heterocycles. The van der Waals surface area contributed by atoms with Crippen LogP contribution in [0.2, 0.25) is 0 Å². The van der Waals surface area contributed by atoms with Gasteiger partial charge in [-0.15, -0.1) is 0 Å². The number of hydrogen-bond acceptors (Lipinski definition) is 4. The van der Waals surface area contributed by atoms with Crippen molar-refractivity contribution in [1.29, 1.82) is 0 Å². The Morgan fingerprint density at radius 2 is 1.71 bits per heavy atom. The van der Waals surface area contributed by atoms with Crippen molar-refractivity contribution >= 4 is 37.6 Å². The third kappa shape index (κ3) is 4.27. The Hall–Kier alpha value is -2.06. The normalized spacial score (nSPS) is 11.1. The number of ether oxygens (including phenoxy) is 1. The van der Waals surface area contributed by atoms with Gasteiger partial charge in [0.1, 0.15) is 5.75 Å². The van der Waals surface area contributed by atoms with E-state index in [0.717, 1.165) is 8.78 Å². The molecule has 2 aromatic carbocycles. The van der Waals surface area contributed by atoms with Crippen LogP contribution in [0.4, 0.5) is 5.69 Å². The first-order valence-electron chi connectivity index (χ1n) is 6.99. The average molecular weight is 414 g/mol. The smallest absolute Gasteiger partial charge is 0.305 e. The Kier molecular flexibility index (Phi) is 5.84. The van der Waals surface area contributed by atoms with E-state index in [1.54, 1.807) is 36.4 Å². The Labute approximate surface area is 148 Å². The molecule has 0 bridgehead atoms. The minimum absolute atomic E-state index is 0.0897. The number of anilines is 1. The first-order chi connectivity index (χ1) is 11.3. The summed E-state index contributed by atoms with van der Waals surface area (Å²) in [5.74, 6) is -0.488. The number of hydrogen-bond donors (Lipinski definition) is 1. The summed E-state index contributed by atoms with van der Waals surface area (Å²) >= 11 is 3.26. The number of benzene rings is 2. The fraction of sp³-hybridized carbons (Fsp3) is 0.188. The van der Waals surface area contributed by atoms with E-state index in [-0.39, 0.29) is 17.9 Å². The number of halogens is 1. The molecule has 0 spiro atoms. The summed E-state index contributed by atoms with van der Waals surface area (Å²) in [6.45, 7) is -0.167. The van der Waals surface area contributed by atoms with Crippen molar-refractivity contribution in [2.24, 2.45) is 0 Å². The highest BCUT2D eigenvalue weighted by Gasteiger charge is 2.25. The average Bonchev–Trinajstić information content (AvgIpc) is 2.55. The molecule has 0 aliphatic rings. The van der Waals surface area contributed by atoms with Crippen molar-refractivity contribution in [1.82, 2.24) is 0 Å². The first kappa shape index (κ1) is 18.3. The SMILES string of the molecule is COc1ccc(N(CCC(=O)O)S(=O)(=O)c2ccc(Br)cc2)cc1. The number of carboxylic acids is 1. The quantitative estimate of drug-likeness (QED) is 0.753. The molecule has 24 heavy (non-hydrogen) atoms. The van der Waals surface area contributed by atoms with E-state index in [0.29, 0.717) is 11.4 Å². The molecule has 0 aromatic heterocycles. The lowest BCUT2D eigenvalue weighted by Crippen LogP contribution is -2.33. The molecule has 128 valence electrons. The van der Waals surface area contributed by atoms with Gasteiger partial charge >= 0.3 is 5.97 Å². The lowest BCUT2D eigenvalue weighted by Gasteiger charge is -2.24. The molecule has 0 aliphatic heterocycles. The molecular formula is C16H16BrNO5S. The number of rotatable bonds is 7. The fourth-order valence-corrected chi connectivity index (χ4v) is 3.80. The third-order valence-corrected chi connectivity index (χ3v) is 5.66. The predicted octanol–water partition coefficient (Wildman–Crippen LogP) is 3.13. The third-order valence-electron chi connectivity index (χ3n) is 3.29. The molecule has 0 unspecified atom stereocenters. The zero-order valence-electron chi connectivity index (χ0n) is 12.8. The molecular weight excluding hydrogens is 398 g/mol. The number of aliphatic carboxylic acids is 1. The van der Waals surface area contributed by atoms with Gasteiger partial charge in [-0.1, -0.05) is 15.9 Å². The van der Waals surface area contributed by atoms with Crippen LogP contribution in [0.3, 0.4) is 0 Å². The topological polar surface area (TPSA) is 83.9 Å². The van der Waals surface area contributed by atoms with Gasteiger partial charge in [0.2, 0.25) is 0 Å². The standard InChI is InChI=1S/C16H16BrNO5S/c1-23-14-6-4-13(5-7-14)18(11-10-16(19)20)24(21,22)15-8-2-12(17)3-9-15/h2-9H,10-11H2,1H3,(H,19,20). The second kappa shape index (κ2) is 7.67. The molecule has 0 saturated heterocycles. The van der Waals surface area contributed by atoms with Gasteiger partial charge in [0.25, 0.3) is 10.0 Å². The van der Waals surface area contributed by atoms with Gasteiger partial charge in [-0.05, 0) is 48.5 Å². The maximum Gasteiger partial charge on any atom is 0.305 e. The molecule has 0 fully saturated rings. The largest absolute Gasteiger partial charge is 0.497 e. The number of sulfonamides is 1. The minimum Gasteiger partial charge on any atom is -0.497 e. The van der Waals surface area contributed by atoms with E-state index >= 15 is 0 Å². The van der Waals surface area contributed by atoms with Gasteiger partial charge < -0.3 is 9.84 Å². The van der Waals surface area contributed by atoms with Crippen LogP contribution in [0, 0.1) is 0 Å². The molecule has 0 radical (unpaired) electrons. The summed E-state index contributed by atoms with van der Waals surface area (Å²) in [7, 11) is -2.37. The van der Waals surface area contributed by atoms with Crippen LogP contribution >= 0.6 is 15.9 Å². The van der Waals surface area contributed by atoms with Gasteiger partial charge in [0.05, 0.1) is 24.1 Å². The second-order valence-corrected chi connectivity index (χ2v) is 7.65. The van der Waals surface area contributed by atoms with Gasteiger partial charge in [-0.3, -0.25) is 9.10 Å². The van der Waals surface area contributed by atoms with Crippen LogP contribution < -0.4 is 9.04 Å². The van der Waals surface area contributed by atoms with E-state index < -0.39 is 16.0 Å². The Morgan fingerprint density at radius 3 is 2.21 bits per heavy atom. The molecule has 1 N–H and O–H groups in total. The van der Waals surface area contributed by atoms with Crippen LogP contribution in [0.1, 0.15) is 6.42 Å². The van der Waals surface area contributed by atoms with E-state index in [1.807, 2.05) is 0 Å². The van der Waals surface area contributed by atoms with Gasteiger partial charge in [-0.2, -0.15) is 0 Å². The van der Waals surface area contributed by atoms with Gasteiger partial charge in [-0.25, -0.2) is 8.42 Å². The highest BCUT2D eigenvalue weighted by molar-refractivity contribution is 9.10. The fourth-order valence-electron chi connectivity index (χ4n) is 2.07. The van der Waals surface area contributed by atoms with Gasteiger partial charge in [0.15, 0.2) is 0 Å². The van der Waals surface area contributed by atoms with Crippen molar-refractivity contribution in [3.63, 3.8) is 0 Å². The summed E-state index contributed by atoms with van der Waals surface area (Å²) < 4.78 is 32.7. The number of carboxylic acid groups (broad SMARTS) is 1. The van der Waals surface area contributed by atoms with Crippen LogP contribution in [0.5, 0.6) is 5.75 Å². The van der Waals surface area contributed by atoms with E-state index in [4.69, 9.17) is 9.84 Å². The van der Waals surface area contributed by atoms with Crippen molar-refractivity contribution in [2.45, 2.75) is 11.3 Å². The van der Waals surface area contributed by atoms with E-state index in [2.05, 4.69) is 15.9 Å². The Balaban J connectivity index is 2.43. The summed E-state index contributed by atoms with van der Waals surface area (Å²) in [5.41, 5.74) is 0.375. The molecule has 0 aliphatic carbocycles. The van der Waals surface area contributed by atoms with E-state index in [1.165, 1.54) is 19.2 Å². The molecule has 2 rings (SSSR count). The monoisotopic (exact) mass is 413 g/mol. The van der Waals surface area contributed by atoms with Crippen LogP contribution in [0.15, 0.2) is 57.9 Å². The zero-order chi connectivity index (χ0) is 17.7. The molecule has 0 saturated carbocycles. The lowest BCUT2D eigenvalue weighted by molar-refractivity contribution is -0.136. The van der Waals surface area contributed by atoms with Crippen molar-refractivity contribution in [3.05, 3.63) is 53.0 Å². The maximum absolute atomic E-state index is 12.9. The van der Waals surface area contributed by atoms with Gasteiger partial charge in [0, 0.05) is 11.0 Å². The first-order valence-corrected chi connectivity index (χ1v) is 9.22. The number of carbonyl (C=O) groups is 1. The Bertz CT molecular complexity index is 803. The molecule has 2 aromatic rings. The molecule has 8 heteroatoms. The molecule has 0 atom stereocenters. The van der Waals surface area contributed by atoms with Crippen LogP contribution in [-0.2, 0) is 14.8 Å². The number of nitrogens with zero attached hydrogens (tertiary/aromatic N) is 1.